The summed E-state index contributed by atoms with van der Waals surface area (Å²) < 4.78 is 12.9. The fourth-order valence-electron chi connectivity index (χ4n) is 2.01. The van der Waals surface area contributed by atoms with Crippen molar-refractivity contribution in [1.82, 2.24) is 10.2 Å². The zero-order chi connectivity index (χ0) is 17.5. The Hall–Kier alpha value is -3.06. The van der Waals surface area contributed by atoms with Crippen LogP contribution in [0.5, 0.6) is 0 Å². The molecule has 0 radical (unpaired) electrons. The molecule has 0 unspecified atom stereocenters. The van der Waals surface area contributed by atoms with Crippen molar-refractivity contribution in [2.75, 3.05) is 10.6 Å². The molecule has 25 heavy (non-hydrogen) atoms. The van der Waals surface area contributed by atoms with Crippen molar-refractivity contribution in [3.8, 4) is 0 Å². The molecule has 7 heteroatoms. The molecule has 0 fully saturated rings. The molecule has 0 spiro atoms. The number of halogens is 1. The summed E-state index contributed by atoms with van der Waals surface area (Å²) in [6, 6.07) is 15.7. The first-order chi connectivity index (χ1) is 12.2. The first-order valence-electron chi connectivity index (χ1n) is 7.55. The van der Waals surface area contributed by atoms with Gasteiger partial charge in [0.1, 0.15) is 5.82 Å². The van der Waals surface area contributed by atoms with Crippen LogP contribution in [-0.2, 0) is 11.3 Å². The van der Waals surface area contributed by atoms with Gasteiger partial charge < -0.3 is 5.32 Å². The molecule has 5 nitrogen and oxygen atoms in total. The van der Waals surface area contributed by atoms with E-state index in [1.54, 1.807) is 18.2 Å². The van der Waals surface area contributed by atoms with Crippen LogP contribution in [0.4, 0.5) is 14.7 Å². The van der Waals surface area contributed by atoms with Crippen LogP contribution in [0.3, 0.4) is 0 Å². The SMILES string of the molecule is O=C(C=Cc1ccccc1)Nc1nnc(NCc2ccc(F)cc2)s1. The lowest BCUT2D eigenvalue weighted by atomic mass is 10.2. The monoisotopic (exact) mass is 354 g/mol. The van der Waals surface area contributed by atoms with Gasteiger partial charge in [0.25, 0.3) is 0 Å². The maximum Gasteiger partial charge on any atom is 0.250 e. The van der Waals surface area contributed by atoms with Crippen LogP contribution in [0.1, 0.15) is 11.1 Å². The molecule has 0 aliphatic carbocycles. The Labute approximate surface area is 148 Å². The average molecular weight is 354 g/mol. The van der Waals surface area contributed by atoms with Gasteiger partial charge in [0.15, 0.2) is 0 Å². The Kier molecular flexibility index (Phi) is 5.48. The molecule has 126 valence electrons. The van der Waals surface area contributed by atoms with E-state index in [-0.39, 0.29) is 11.7 Å². The third-order valence-corrected chi connectivity index (χ3v) is 4.04. The predicted octanol–water partition coefficient (Wildman–Crippen LogP) is 3.94. The Balaban J connectivity index is 1.51. The molecule has 0 atom stereocenters. The summed E-state index contributed by atoms with van der Waals surface area (Å²) in [7, 11) is 0. The highest BCUT2D eigenvalue weighted by Gasteiger charge is 2.06. The second-order valence-electron chi connectivity index (χ2n) is 5.13. The fraction of sp³-hybridized carbons (Fsp3) is 0.0556. The maximum atomic E-state index is 12.9. The molecule has 1 aromatic heterocycles. The van der Waals surface area contributed by atoms with Crippen LogP contribution in [0, 0.1) is 5.82 Å². The predicted molar refractivity (Wildman–Crippen MR) is 97.7 cm³/mol. The normalized spacial score (nSPS) is 10.8. The number of anilines is 2. The van der Waals surface area contributed by atoms with Crippen LogP contribution >= 0.6 is 11.3 Å². The fourth-order valence-corrected chi connectivity index (χ4v) is 2.65. The first-order valence-corrected chi connectivity index (χ1v) is 8.36. The lowest BCUT2D eigenvalue weighted by Crippen LogP contribution is -2.07. The minimum atomic E-state index is -0.273. The molecule has 0 aliphatic rings. The lowest BCUT2D eigenvalue weighted by molar-refractivity contribution is -0.111. The number of aromatic nitrogens is 2. The standard InChI is InChI=1S/C18H15FN4OS/c19-15-9-6-14(7-10-15)12-20-17-22-23-18(25-17)21-16(24)11-8-13-4-2-1-3-5-13/h1-11H,12H2,(H,20,22)(H,21,23,24). The molecule has 0 aliphatic heterocycles. The third kappa shape index (κ3) is 5.22. The molecule has 0 saturated heterocycles. The van der Waals surface area contributed by atoms with E-state index in [1.807, 2.05) is 30.3 Å². The number of nitrogens with one attached hydrogen (secondary N) is 2. The van der Waals surface area contributed by atoms with Gasteiger partial charge >= 0.3 is 0 Å². The number of benzene rings is 2. The molecule has 3 aromatic rings. The molecule has 1 amide bonds. The largest absolute Gasteiger partial charge is 0.356 e. The molecule has 0 saturated carbocycles. The van der Waals surface area contributed by atoms with Crippen LogP contribution in [0.2, 0.25) is 0 Å². The van der Waals surface area contributed by atoms with E-state index in [4.69, 9.17) is 0 Å². The van der Waals surface area contributed by atoms with Gasteiger partial charge in [-0.1, -0.05) is 53.8 Å². The van der Waals surface area contributed by atoms with Gasteiger partial charge in [-0.05, 0) is 29.3 Å². The minimum absolute atomic E-state index is 0.270. The molecular formula is C18H15FN4OS. The average Bonchev–Trinajstić information content (AvgIpc) is 3.08. The van der Waals surface area contributed by atoms with Crippen molar-refractivity contribution in [1.29, 1.82) is 0 Å². The highest BCUT2D eigenvalue weighted by atomic mass is 32.1. The molecule has 2 aromatic carbocycles. The van der Waals surface area contributed by atoms with Gasteiger partial charge in [0.2, 0.25) is 16.2 Å². The number of nitrogens with zero attached hydrogens (tertiary/aromatic N) is 2. The zero-order valence-electron chi connectivity index (χ0n) is 13.1. The quantitative estimate of drug-likeness (QED) is 0.658. The van der Waals surface area contributed by atoms with Crippen LogP contribution < -0.4 is 10.6 Å². The van der Waals surface area contributed by atoms with Crippen LogP contribution in [0.25, 0.3) is 6.08 Å². The molecular weight excluding hydrogens is 339 g/mol. The summed E-state index contributed by atoms with van der Waals surface area (Å²) >= 11 is 1.23. The summed E-state index contributed by atoms with van der Waals surface area (Å²) in [5.74, 6) is -0.543. The Morgan fingerprint density at radius 1 is 1.04 bits per heavy atom. The van der Waals surface area contributed by atoms with Crippen molar-refractivity contribution in [3.63, 3.8) is 0 Å². The van der Waals surface area contributed by atoms with E-state index in [9.17, 15) is 9.18 Å². The van der Waals surface area contributed by atoms with E-state index in [0.717, 1.165) is 11.1 Å². The second kappa shape index (κ2) is 8.16. The molecule has 0 bridgehead atoms. The van der Waals surface area contributed by atoms with E-state index in [0.29, 0.717) is 16.8 Å². The number of carbonyl (C=O) groups is 1. The van der Waals surface area contributed by atoms with Gasteiger partial charge in [-0.15, -0.1) is 10.2 Å². The Morgan fingerprint density at radius 3 is 2.52 bits per heavy atom. The summed E-state index contributed by atoms with van der Waals surface area (Å²) in [6.45, 7) is 0.497. The summed E-state index contributed by atoms with van der Waals surface area (Å²) in [4.78, 5) is 11.9. The number of hydrogen-bond donors (Lipinski definition) is 2. The third-order valence-electron chi connectivity index (χ3n) is 3.24. The minimum Gasteiger partial charge on any atom is -0.356 e. The highest BCUT2D eigenvalue weighted by molar-refractivity contribution is 7.19. The summed E-state index contributed by atoms with van der Waals surface area (Å²) in [6.07, 6.45) is 3.17. The van der Waals surface area contributed by atoms with Gasteiger partial charge in [-0.3, -0.25) is 10.1 Å². The molecule has 3 rings (SSSR count). The molecule has 2 N–H and O–H groups in total. The van der Waals surface area contributed by atoms with Gasteiger partial charge in [0.05, 0.1) is 0 Å². The van der Waals surface area contributed by atoms with Crippen molar-refractivity contribution in [3.05, 3.63) is 77.6 Å². The van der Waals surface area contributed by atoms with Crippen molar-refractivity contribution < 1.29 is 9.18 Å². The van der Waals surface area contributed by atoms with E-state index in [1.165, 1.54) is 29.5 Å². The number of carbonyl (C=O) groups excluding carboxylic acids is 1. The molecule has 1 heterocycles. The van der Waals surface area contributed by atoms with Crippen molar-refractivity contribution in [2.24, 2.45) is 0 Å². The maximum absolute atomic E-state index is 12.9. The second-order valence-corrected chi connectivity index (χ2v) is 6.10. The number of amides is 1. The Morgan fingerprint density at radius 2 is 1.76 bits per heavy atom. The van der Waals surface area contributed by atoms with E-state index >= 15 is 0 Å². The zero-order valence-corrected chi connectivity index (χ0v) is 14.0. The highest BCUT2D eigenvalue weighted by Crippen LogP contribution is 2.20. The topological polar surface area (TPSA) is 66.9 Å². The summed E-state index contributed by atoms with van der Waals surface area (Å²) in [5.41, 5.74) is 1.87. The number of rotatable bonds is 6. The van der Waals surface area contributed by atoms with Crippen LogP contribution in [-0.4, -0.2) is 16.1 Å². The Bertz CT molecular complexity index is 862. The lowest BCUT2D eigenvalue weighted by Gasteiger charge is -2.01. The number of hydrogen-bond acceptors (Lipinski definition) is 5. The van der Waals surface area contributed by atoms with Gasteiger partial charge in [-0.25, -0.2) is 4.39 Å². The van der Waals surface area contributed by atoms with Gasteiger partial charge in [-0.2, -0.15) is 0 Å². The van der Waals surface area contributed by atoms with E-state index in [2.05, 4.69) is 20.8 Å². The first kappa shape index (κ1) is 16.8. The van der Waals surface area contributed by atoms with Crippen LogP contribution in [0.15, 0.2) is 60.7 Å². The van der Waals surface area contributed by atoms with Gasteiger partial charge in [0, 0.05) is 12.6 Å². The smallest absolute Gasteiger partial charge is 0.250 e. The summed E-state index contributed by atoms with van der Waals surface area (Å²) in [5, 5.41) is 14.6. The van der Waals surface area contributed by atoms with Crippen molar-refractivity contribution >= 4 is 33.6 Å². The van der Waals surface area contributed by atoms with Crippen molar-refractivity contribution in [2.45, 2.75) is 6.54 Å². The van der Waals surface area contributed by atoms with E-state index < -0.39 is 0 Å².